The molecule has 5 rings (SSSR count). The molecule has 0 amide bonds. The molecule has 1 fully saturated rings. The lowest BCUT2D eigenvalue weighted by molar-refractivity contribution is 0.199. The minimum Gasteiger partial charge on any atom is -0.389 e. The molecule has 1 aliphatic heterocycles. The van der Waals surface area contributed by atoms with E-state index in [4.69, 9.17) is 4.98 Å². The molecule has 0 spiro atoms. The van der Waals surface area contributed by atoms with Crippen molar-refractivity contribution in [3.05, 3.63) is 78.2 Å². The van der Waals surface area contributed by atoms with E-state index in [1.807, 2.05) is 47.4 Å². The van der Waals surface area contributed by atoms with Crippen LogP contribution in [0.15, 0.2) is 67.1 Å². The highest BCUT2D eigenvalue weighted by Gasteiger charge is 2.12. The van der Waals surface area contributed by atoms with Crippen LogP contribution < -0.4 is 0 Å². The number of hydrogen-bond donors (Lipinski definition) is 1. The van der Waals surface area contributed by atoms with Gasteiger partial charge in [-0.25, -0.2) is 9.50 Å². The Morgan fingerprint density at radius 1 is 0.968 bits per heavy atom. The zero-order chi connectivity index (χ0) is 21.2. The maximum absolute atomic E-state index is 9.89. The molecule has 4 aromatic rings. The Morgan fingerprint density at radius 2 is 1.77 bits per heavy atom. The number of aliphatic hydroxyl groups is 1. The van der Waals surface area contributed by atoms with Gasteiger partial charge in [-0.05, 0) is 67.6 Å². The largest absolute Gasteiger partial charge is 0.389 e. The van der Waals surface area contributed by atoms with E-state index in [0.29, 0.717) is 0 Å². The molecule has 2 aromatic heterocycles. The third-order valence-corrected chi connectivity index (χ3v) is 6.24. The van der Waals surface area contributed by atoms with Gasteiger partial charge in [0.15, 0.2) is 5.65 Å². The van der Waals surface area contributed by atoms with E-state index in [0.717, 1.165) is 46.4 Å². The van der Waals surface area contributed by atoms with Crippen molar-refractivity contribution in [2.24, 2.45) is 0 Å². The Hall–Kier alpha value is -3.02. The second-order valence-electron chi connectivity index (χ2n) is 8.47. The van der Waals surface area contributed by atoms with E-state index < -0.39 is 6.10 Å². The van der Waals surface area contributed by atoms with Crippen LogP contribution in [-0.2, 0) is 6.42 Å². The molecule has 0 unspecified atom stereocenters. The van der Waals surface area contributed by atoms with Crippen LogP contribution in [0.25, 0.3) is 27.9 Å². The summed E-state index contributed by atoms with van der Waals surface area (Å²) in [5.74, 6) is 0. The smallest absolute Gasteiger partial charge is 0.162 e. The molecule has 5 nitrogen and oxygen atoms in total. The first kappa shape index (κ1) is 19.9. The van der Waals surface area contributed by atoms with E-state index >= 15 is 0 Å². The predicted octanol–water partition coefficient (Wildman–Crippen LogP) is 4.75. The lowest BCUT2D eigenvalue weighted by atomic mass is 10.0. The van der Waals surface area contributed by atoms with Crippen molar-refractivity contribution in [2.45, 2.75) is 32.3 Å². The SMILES string of the molecule is C[C@@H](O)c1cccc(-c2cnn3cc(-c4ccc(CCN5CCCC5)cc4)cnc23)c1. The zero-order valence-corrected chi connectivity index (χ0v) is 17.9. The fourth-order valence-electron chi connectivity index (χ4n) is 4.35. The number of likely N-dealkylation sites (tertiary alicyclic amines) is 1. The van der Waals surface area contributed by atoms with E-state index in [1.54, 1.807) is 6.92 Å². The first-order valence-electron chi connectivity index (χ1n) is 11.1. The molecule has 1 N–H and O–H groups in total. The maximum atomic E-state index is 9.89. The van der Waals surface area contributed by atoms with E-state index in [1.165, 1.54) is 31.5 Å². The number of rotatable bonds is 6. The van der Waals surface area contributed by atoms with Crippen LogP contribution in [0.1, 0.15) is 37.0 Å². The van der Waals surface area contributed by atoms with E-state index in [9.17, 15) is 5.11 Å². The number of aliphatic hydroxyl groups excluding tert-OH is 1. The summed E-state index contributed by atoms with van der Waals surface area (Å²) in [6, 6.07) is 16.7. The first-order chi connectivity index (χ1) is 15.2. The summed E-state index contributed by atoms with van der Waals surface area (Å²) in [5, 5.41) is 14.4. The van der Waals surface area contributed by atoms with Crippen LogP contribution in [0.4, 0.5) is 0 Å². The van der Waals surface area contributed by atoms with Gasteiger partial charge in [0.2, 0.25) is 0 Å². The van der Waals surface area contributed by atoms with Crippen molar-refractivity contribution < 1.29 is 5.11 Å². The monoisotopic (exact) mass is 412 g/mol. The molecule has 5 heteroatoms. The quantitative estimate of drug-likeness (QED) is 0.496. The highest BCUT2D eigenvalue weighted by molar-refractivity contribution is 5.78. The number of benzene rings is 2. The van der Waals surface area contributed by atoms with Gasteiger partial charge >= 0.3 is 0 Å². The standard InChI is InChI=1S/C26H28N4O/c1-19(31)22-5-4-6-23(15-22)25-17-28-30-18-24(16-27-26(25)30)21-9-7-20(8-10-21)11-14-29-12-2-3-13-29/h4-10,15-19,31H,2-3,11-14H2,1H3/t19-/m1/s1. The Balaban J connectivity index is 1.36. The molecule has 2 aromatic carbocycles. The zero-order valence-electron chi connectivity index (χ0n) is 17.9. The van der Waals surface area contributed by atoms with Crippen LogP contribution in [0.5, 0.6) is 0 Å². The average Bonchev–Trinajstić information content (AvgIpc) is 3.47. The lowest BCUT2D eigenvalue weighted by Gasteiger charge is -2.14. The van der Waals surface area contributed by atoms with Crippen molar-refractivity contribution in [1.29, 1.82) is 0 Å². The topological polar surface area (TPSA) is 53.7 Å². The van der Waals surface area contributed by atoms with Gasteiger partial charge in [0.1, 0.15) is 0 Å². The van der Waals surface area contributed by atoms with Crippen molar-refractivity contribution in [1.82, 2.24) is 19.5 Å². The van der Waals surface area contributed by atoms with Crippen LogP contribution in [-0.4, -0.2) is 44.2 Å². The minimum atomic E-state index is -0.500. The molecule has 158 valence electrons. The highest BCUT2D eigenvalue weighted by atomic mass is 16.3. The second-order valence-corrected chi connectivity index (χ2v) is 8.47. The molecule has 31 heavy (non-hydrogen) atoms. The molecule has 0 aliphatic carbocycles. The summed E-state index contributed by atoms with van der Waals surface area (Å²) in [7, 11) is 0. The molecule has 1 aliphatic rings. The van der Waals surface area contributed by atoms with Crippen molar-refractivity contribution in [3.8, 4) is 22.3 Å². The molecule has 0 bridgehead atoms. The summed E-state index contributed by atoms with van der Waals surface area (Å²) in [6.45, 7) is 5.43. The van der Waals surface area contributed by atoms with Crippen molar-refractivity contribution in [2.75, 3.05) is 19.6 Å². The summed E-state index contributed by atoms with van der Waals surface area (Å²) in [6.07, 6.45) is 9.08. The fourth-order valence-corrected chi connectivity index (χ4v) is 4.35. The highest BCUT2D eigenvalue weighted by Crippen LogP contribution is 2.27. The Labute approximate surface area is 183 Å². The van der Waals surface area contributed by atoms with Crippen LogP contribution in [0.3, 0.4) is 0 Å². The van der Waals surface area contributed by atoms with Gasteiger partial charge in [0.25, 0.3) is 0 Å². The van der Waals surface area contributed by atoms with E-state index in [-0.39, 0.29) is 0 Å². The number of fused-ring (bicyclic) bond motifs is 1. The third kappa shape index (κ3) is 4.24. The number of aromatic nitrogens is 3. The van der Waals surface area contributed by atoms with E-state index in [2.05, 4.69) is 34.3 Å². The van der Waals surface area contributed by atoms with Gasteiger partial charge in [-0.15, -0.1) is 0 Å². The number of hydrogen-bond acceptors (Lipinski definition) is 4. The molecule has 3 heterocycles. The van der Waals surface area contributed by atoms with Crippen molar-refractivity contribution >= 4 is 5.65 Å². The Morgan fingerprint density at radius 3 is 2.55 bits per heavy atom. The minimum absolute atomic E-state index is 0.500. The maximum Gasteiger partial charge on any atom is 0.162 e. The Bertz CT molecular complexity index is 1170. The van der Waals surface area contributed by atoms with Gasteiger partial charge in [-0.2, -0.15) is 5.10 Å². The average molecular weight is 413 g/mol. The van der Waals surface area contributed by atoms with Gasteiger partial charge < -0.3 is 10.0 Å². The summed E-state index contributed by atoms with van der Waals surface area (Å²) < 4.78 is 1.83. The predicted molar refractivity (Wildman–Crippen MR) is 124 cm³/mol. The van der Waals surface area contributed by atoms with Crippen molar-refractivity contribution in [3.63, 3.8) is 0 Å². The molecule has 0 radical (unpaired) electrons. The molecule has 1 saturated heterocycles. The van der Waals surface area contributed by atoms with Gasteiger partial charge in [0, 0.05) is 30.1 Å². The van der Waals surface area contributed by atoms with Gasteiger partial charge in [-0.3, -0.25) is 0 Å². The van der Waals surface area contributed by atoms with Crippen LogP contribution >= 0.6 is 0 Å². The van der Waals surface area contributed by atoms with Crippen LogP contribution in [0, 0.1) is 0 Å². The summed E-state index contributed by atoms with van der Waals surface area (Å²) in [5.41, 5.74) is 7.25. The van der Waals surface area contributed by atoms with Gasteiger partial charge in [0.05, 0.1) is 12.3 Å². The molecule has 1 atom stereocenters. The molecular weight excluding hydrogens is 384 g/mol. The first-order valence-corrected chi connectivity index (χ1v) is 11.1. The normalized spacial score (nSPS) is 15.5. The molecular formula is C26H28N4O. The third-order valence-electron chi connectivity index (χ3n) is 6.24. The van der Waals surface area contributed by atoms with Gasteiger partial charge in [-0.1, -0.05) is 42.5 Å². The Kier molecular flexibility index (Phi) is 5.53. The summed E-state index contributed by atoms with van der Waals surface area (Å²) in [4.78, 5) is 7.26. The summed E-state index contributed by atoms with van der Waals surface area (Å²) >= 11 is 0. The molecule has 0 saturated carbocycles. The lowest BCUT2D eigenvalue weighted by Crippen LogP contribution is -2.21. The number of nitrogens with zero attached hydrogens (tertiary/aromatic N) is 4. The van der Waals surface area contributed by atoms with Crippen LogP contribution in [0.2, 0.25) is 0 Å². The fraction of sp³-hybridized carbons (Fsp3) is 0.308. The second kappa shape index (κ2) is 8.61.